The van der Waals surface area contributed by atoms with E-state index in [0.717, 1.165) is 12.1 Å². The number of methoxy groups -OCH3 is 1. The van der Waals surface area contributed by atoms with Crippen LogP contribution >= 0.6 is 12.4 Å². The van der Waals surface area contributed by atoms with Gasteiger partial charge in [-0.2, -0.15) is 5.10 Å². The molecule has 7 nitrogen and oxygen atoms in total. The van der Waals surface area contributed by atoms with E-state index in [9.17, 15) is 9.18 Å². The maximum atomic E-state index is 13.2. The highest BCUT2D eigenvalue weighted by atomic mass is 35.5. The molecule has 2 aromatic rings. The molecule has 2 atom stereocenters. The zero-order valence-electron chi connectivity index (χ0n) is 16.7. The Balaban J connectivity index is 0.00000300. The average molecular weight is 427 g/mol. The van der Waals surface area contributed by atoms with E-state index in [1.807, 2.05) is 19.4 Å². The molecule has 0 radical (unpaired) electrons. The van der Waals surface area contributed by atoms with Crippen LogP contribution in [0.15, 0.2) is 36.7 Å². The number of nitrogens with one attached hydrogen (secondary N) is 1. The number of amides is 1. The molecular formula is C20H28ClFN4O3. The van der Waals surface area contributed by atoms with Gasteiger partial charge in [0.2, 0.25) is 5.91 Å². The summed E-state index contributed by atoms with van der Waals surface area (Å²) in [6.45, 7) is 3.12. The molecule has 1 amide bonds. The second-order valence-corrected chi connectivity index (χ2v) is 6.94. The normalized spacial score (nSPS) is 18.3. The molecule has 1 saturated heterocycles. The zero-order valence-corrected chi connectivity index (χ0v) is 17.5. The van der Waals surface area contributed by atoms with Crippen LogP contribution in [0.4, 0.5) is 4.39 Å². The molecule has 0 aliphatic carbocycles. The van der Waals surface area contributed by atoms with Crippen LogP contribution in [0.3, 0.4) is 0 Å². The van der Waals surface area contributed by atoms with E-state index < -0.39 is 0 Å². The highest BCUT2D eigenvalue weighted by molar-refractivity contribution is 5.85. The number of aromatic nitrogens is 2. The lowest BCUT2D eigenvalue weighted by molar-refractivity contribution is -0.136. The van der Waals surface area contributed by atoms with Gasteiger partial charge in [-0.3, -0.25) is 9.48 Å². The van der Waals surface area contributed by atoms with Gasteiger partial charge < -0.3 is 19.7 Å². The van der Waals surface area contributed by atoms with Gasteiger partial charge in [-0.15, -0.1) is 12.4 Å². The van der Waals surface area contributed by atoms with E-state index in [4.69, 9.17) is 9.47 Å². The number of carbonyl (C=O) groups excluding carboxylic acids is 1. The SMILES string of the molecule is COCCN(CCOc1ccc(F)cc1)C(=O)[C@H]1CNC[C@@H]1c1cnn(C)c1.Cl. The number of aryl methyl sites for hydroxylation is 1. The maximum absolute atomic E-state index is 13.2. The maximum Gasteiger partial charge on any atom is 0.227 e. The molecule has 0 bridgehead atoms. The Kier molecular flexibility index (Phi) is 8.88. The molecule has 0 saturated carbocycles. The molecule has 9 heteroatoms. The summed E-state index contributed by atoms with van der Waals surface area (Å²) < 4.78 is 25.6. The first kappa shape index (κ1) is 23.1. The second kappa shape index (κ2) is 11.1. The van der Waals surface area contributed by atoms with E-state index in [1.54, 1.807) is 28.8 Å². The molecule has 1 aromatic heterocycles. The van der Waals surface area contributed by atoms with Crippen LogP contribution in [0, 0.1) is 11.7 Å². The van der Waals surface area contributed by atoms with Crippen molar-refractivity contribution in [1.29, 1.82) is 0 Å². The Morgan fingerprint density at radius 3 is 2.66 bits per heavy atom. The van der Waals surface area contributed by atoms with E-state index >= 15 is 0 Å². The molecule has 1 aromatic carbocycles. The quantitative estimate of drug-likeness (QED) is 0.662. The first-order valence-corrected chi connectivity index (χ1v) is 9.44. The predicted octanol–water partition coefficient (Wildman–Crippen LogP) is 1.84. The fraction of sp³-hybridized carbons (Fsp3) is 0.500. The molecule has 1 N–H and O–H groups in total. The standard InChI is InChI=1S/C20H27FN4O3.ClH/c1-24-14-15(11-23-24)18-12-22-13-19(18)20(26)25(7-9-27-2)8-10-28-17-5-3-16(21)4-6-17;/h3-6,11,14,18-19,22H,7-10,12-13H2,1-2H3;1H/t18-,19+;/m1./s1. The average Bonchev–Trinajstić information content (AvgIpc) is 3.34. The highest BCUT2D eigenvalue weighted by Crippen LogP contribution is 2.29. The van der Waals surface area contributed by atoms with Crippen molar-refractivity contribution in [2.75, 3.05) is 46.5 Å². The Labute approximate surface area is 176 Å². The van der Waals surface area contributed by atoms with Gasteiger partial charge in [0.15, 0.2) is 0 Å². The third-order valence-electron chi connectivity index (χ3n) is 5.00. The molecule has 29 heavy (non-hydrogen) atoms. The first-order valence-electron chi connectivity index (χ1n) is 9.44. The minimum Gasteiger partial charge on any atom is -0.492 e. The van der Waals surface area contributed by atoms with Crippen LogP contribution in [0.1, 0.15) is 11.5 Å². The van der Waals surface area contributed by atoms with Crippen LogP contribution in [-0.2, 0) is 16.6 Å². The minimum atomic E-state index is -0.306. The minimum absolute atomic E-state index is 0. The summed E-state index contributed by atoms with van der Waals surface area (Å²) in [7, 11) is 3.49. The fourth-order valence-electron chi connectivity index (χ4n) is 3.49. The lowest BCUT2D eigenvalue weighted by atomic mass is 9.90. The van der Waals surface area contributed by atoms with Crippen molar-refractivity contribution in [3.05, 3.63) is 48.0 Å². The predicted molar refractivity (Wildman–Crippen MR) is 110 cm³/mol. The summed E-state index contributed by atoms with van der Waals surface area (Å²) in [5.41, 5.74) is 1.07. The Morgan fingerprint density at radius 1 is 1.28 bits per heavy atom. The van der Waals surface area contributed by atoms with Crippen LogP contribution in [-0.4, -0.2) is 67.1 Å². The van der Waals surface area contributed by atoms with E-state index in [1.165, 1.54) is 12.1 Å². The molecule has 1 aliphatic heterocycles. The van der Waals surface area contributed by atoms with Gasteiger partial charge in [0.1, 0.15) is 18.2 Å². The smallest absolute Gasteiger partial charge is 0.227 e. The third kappa shape index (κ3) is 6.16. The summed E-state index contributed by atoms with van der Waals surface area (Å²) in [4.78, 5) is 15.0. The van der Waals surface area contributed by atoms with E-state index in [-0.39, 0.29) is 36.0 Å². The Bertz CT molecular complexity index is 771. The van der Waals surface area contributed by atoms with Crippen molar-refractivity contribution in [3.63, 3.8) is 0 Å². The van der Waals surface area contributed by atoms with Crippen molar-refractivity contribution in [2.45, 2.75) is 5.92 Å². The van der Waals surface area contributed by atoms with Crippen LogP contribution in [0.2, 0.25) is 0 Å². The third-order valence-corrected chi connectivity index (χ3v) is 5.00. The molecule has 2 heterocycles. The molecule has 160 valence electrons. The van der Waals surface area contributed by atoms with Crippen LogP contribution in [0.5, 0.6) is 5.75 Å². The van der Waals surface area contributed by atoms with Gasteiger partial charge in [0.25, 0.3) is 0 Å². The van der Waals surface area contributed by atoms with Crippen molar-refractivity contribution < 1.29 is 18.7 Å². The first-order chi connectivity index (χ1) is 13.6. The fourth-order valence-corrected chi connectivity index (χ4v) is 3.49. The van der Waals surface area contributed by atoms with E-state index in [2.05, 4.69) is 10.4 Å². The summed E-state index contributed by atoms with van der Waals surface area (Å²) in [6, 6.07) is 5.86. The number of nitrogens with zero attached hydrogens (tertiary/aromatic N) is 3. The molecule has 1 fully saturated rings. The summed E-state index contributed by atoms with van der Waals surface area (Å²) in [5, 5.41) is 7.56. The Morgan fingerprint density at radius 2 is 2.00 bits per heavy atom. The molecular weight excluding hydrogens is 399 g/mol. The summed E-state index contributed by atoms with van der Waals surface area (Å²) >= 11 is 0. The summed E-state index contributed by atoms with van der Waals surface area (Å²) in [5.74, 6) is 0.311. The molecule has 3 rings (SSSR count). The largest absolute Gasteiger partial charge is 0.492 e. The Hall–Kier alpha value is -2.16. The lowest BCUT2D eigenvalue weighted by Crippen LogP contribution is -2.42. The lowest BCUT2D eigenvalue weighted by Gasteiger charge is -2.27. The van der Waals surface area contributed by atoms with Gasteiger partial charge >= 0.3 is 0 Å². The van der Waals surface area contributed by atoms with E-state index in [0.29, 0.717) is 38.6 Å². The zero-order chi connectivity index (χ0) is 19.9. The molecule has 1 aliphatic rings. The number of ether oxygens (including phenoxy) is 2. The number of halogens is 2. The number of hydrogen-bond donors (Lipinski definition) is 1. The van der Waals surface area contributed by atoms with Crippen LogP contribution in [0.25, 0.3) is 0 Å². The molecule has 0 unspecified atom stereocenters. The van der Waals surface area contributed by atoms with Crippen molar-refractivity contribution in [3.8, 4) is 5.75 Å². The van der Waals surface area contributed by atoms with Gasteiger partial charge in [-0.1, -0.05) is 0 Å². The van der Waals surface area contributed by atoms with Gasteiger partial charge in [0.05, 0.1) is 25.3 Å². The van der Waals surface area contributed by atoms with Crippen molar-refractivity contribution in [1.82, 2.24) is 20.0 Å². The van der Waals surface area contributed by atoms with Gasteiger partial charge in [0, 0.05) is 45.9 Å². The van der Waals surface area contributed by atoms with Crippen LogP contribution < -0.4 is 10.1 Å². The number of carbonyl (C=O) groups is 1. The second-order valence-electron chi connectivity index (χ2n) is 6.94. The van der Waals surface area contributed by atoms with Gasteiger partial charge in [-0.25, -0.2) is 4.39 Å². The summed E-state index contributed by atoms with van der Waals surface area (Å²) in [6.07, 6.45) is 3.80. The highest BCUT2D eigenvalue weighted by Gasteiger charge is 2.36. The van der Waals surface area contributed by atoms with Crippen molar-refractivity contribution >= 4 is 18.3 Å². The molecule has 0 spiro atoms. The topological polar surface area (TPSA) is 68.6 Å². The number of benzene rings is 1. The van der Waals surface area contributed by atoms with Gasteiger partial charge in [-0.05, 0) is 29.8 Å². The number of hydrogen-bond acceptors (Lipinski definition) is 5. The number of rotatable bonds is 9. The van der Waals surface area contributed by atoms with Crippen molar-refractivity contribution in [2.24, 2.45) is 13.0 Å². The monoisotopic (exact) mass is 426 g/mol.